The maximum Gasteiger partial charge on any atom is 0.330 e. The molecule has 182 valence electrons. The quantitative estimate of drug-likeness (QED) is 0.432. The van der Waals surface area contributed by atoms with Crippen molar-refractivity contribution >= 4 is 22.6 Å². The first kappa shape index (κ1) is 23.9. The van der Waals surface area contributed by atoms with Gasteiger partial charge < -0.3 is 5.32 Å². The number of anilines is 1. The Labute approximate surface area is 199 Å². The van der Waals surface area contributed by atoms with Crippen molar-refractivity contribution in [3.05, 3.63) is 68.0 Å². The summed E-state index contributed by atoms with van der Waals surface area (Å²) in [7, 11) is 0. The molecule has 0 aliphatic heterocycles. The number of carbonyl (C=O) groups excluding carboxylic acids is 1. The van der Waals surface area contributed by atoms with E-state index in [4.69, 9.17) is 0 Å². The van der Waals surface area contributed by atoms with Crippen LogP contribution in [0, 0.1) is 18.7 Å². The number of pyridine rings is 1. The van der Waals surface area contributed by atoms with Gasteiger partial charge >= 0.3 is 5.69 Å². The number of fused-ring (bicyclic) bond motifs is 1. The van der Waals surface area contributed by atoms with Gasteiger partial charge in [-0.1, -0.05) is 27.7 Å². The van der Waals surface area contributed by atoms with Crippen molar-refractivity contribution in [1.82, 2.24) is 34.7 Å². The number of benzene rings is 1. The molecular formula is C23H25FN8O3. The summed E-state index contributed by atoms with van der Waals surface area (Å²) in [5.41, 5.74) is -0.220. The molecule has 35 heavy (non-hydrogen) atoms. The number of hydrogen-bond donors (Lipinski definition) is 2. The van der Waals surface area contributed by atoms with Crippen LogP contribution in [0.15, 0.2) is 33.9 Å². The maximum absolute atomic E-state index is 14.4. The Kier molecular flexibility index (Phi) is 6.29. The van der Waals surface area contributed by atoms with E-state index in [2.05, 4.69) is 30.8 Å². The molecule has 4 aromatic rings. The molecule has 0 unspecified atom stereocenters. The highest BCUT2D eigenvalue weighted by atomic mass is 19.1. The highest BCUT2D eigenvalue weighted by Gasteiger charge is 2.21. The van der Waals surface area contributed by atoms with Crippen LogP contribution < -0.4 is 16.6 Å². The van der Waals surface area contributed by atoms with E-state index >= 15 is 0 Å². The number of nitrogens with one attached hydrogen (secondary N) is 2. The van der Waals surface area contributed by atoms with Gasteiger partial charge in [-0.2, -0.15) is 4.68 Å². The summed E-state index contributed by atoms with van der Waals surface area (Å²) in [6.07, 6.45) is 0. The molecule has 0 aliphatic carbocycles. The summed E-state index contributed by atoms with van der Waals surface area (Å²) >= 11 is 0. The fourth-order valence-electron chi connectivity index (χ4n) is 3.71. The number of H-pyrrole nitrogens is 1. The van der Waals surface area contributed by atoms with E-state index < -0.39 is 23.0 Å². The second kappa shape index (κ2) is 9.20. The Hall–Kier alpha value is -4.22. The lowest BCUT2D eigenvalue weighted by molar-refractivity contribution is 0.102. The van der Waals surface area contributed by atoms with Crippen LogP contribution >= 0.6 is 0 Å². The summed E-state index contributed by atoms with van der Waals surface area (Å²) in [4.78, 5) is 45.6. The van der Waals surface area contributed by atoms with Gasteiger partial charge in [0, 0.05) is 17.9 Å². The predicted molar refractivity (Wildman–Crippen MR) is 127 cm³/mol. The van der Waals surface area contributed by atoms with Crippen LogP contribution in [0.25, 0.3) is 16.7 Å². The Morgan fingerprint density at radius 2 is 1.91 bits per heavy atom. The molecule has 4 rings (SSSR count). The molecule has 1 amide bonds. The summed E-state index contributed by atoms with van der Waals surface area (Å²) in [6, 6.07) is 5.51. The molecule has 0 saturated heterocycles. The fraction of sp³-hybridized carbons (Fsp3) is 0.348. The third kappa shape index (κ3) is 4.59. The molecule has 2 N–H and O–H groups in total. The van der Waals surface area contributed by atoms with Crippen molar-refractivity contribution in [3.8, 4) is 5.69 Å². The van der Waals surface area contributed by atoms with E-state index in [9.17, 15) is 18.8 Å². The molecule has 0 aliphatic rings. The predicted octanol–water partition coefficient (Wildman–Crippen LogP) is 2.54. The molecule has 0 spiro atoms. The van der Waals surface area contributed by atoms with Crippen molar-refractivity contribution in [2.24, 2.45) is 5.92 Å². The summed E-state index contributed by atoms with van der Waals surface area (Å²) in [5.74, 6) is -0.803. The SMILES string of the molecule is Cc1nnnn1-c1cc(NC(=O)c2cc(C(C)C)nc3c2c(=O)[nH]c(=O)n3CC(C)C)ccc1F. The van der Waals surface area contributed by atoms with E-state index in [1.807, 2.05) is 27.7 Å². The molecule has 3 aromatic heterocycles. The van der Waals surface area contributed by atoms with Crippen LogP contribution in [0.1, 0.15) is 55.5 Å². The number of aryl methyl sites for hydroxylation is 1. The highest BCUT2D eigenvalue weighted by molar-refractivity contribution is 6.12. The van der Waals surface area contributed by atoms with Gasteiger partial charge in [0.2, 0.25) is 0 Å². The van der Waals surface area contributed by atoms with E-state index in [0.717, 1.165) is 0 Å². The number of nitrogens with zero attached hydrogens (tertiary/aromatic N) is 6. The van der Waals surface area contributed by atoms with Gasteiger partial charge in [0.15, 0.2) is 11.5 Å². The molecule has 1 aromatic carbocycles. The minimum atomic E-state index is -0.706. The Morgan fingerprint density at radius 3 is 2.54 bits per heavy atom. The lowest BCUT2D eigenvalue weighted by Gasteiger charge is -2.16. The topological polar surface area (TPSA) is 140 Å². The minimum absolute atomic E-state index is 0.00538. The fourth-order valence-corrected chi connectivity index (χ4v) is 3.71. The van der Waals surface area contributed by atoms with Crippen molar-refractivity contribution in [2.75, 3.05) is 5.32 Å². The summed E-state index contributed by atoms with van der Waals surface area (Å²) in [6.45, 7) is 9.59. The summed E-state index contributed by atoms with van der Waals surface area (Å²) < 4.78 is 17.0. The number of amides is 1. The second-order valence-electron chi connectivity index (χ2n) is 8.97. The van der Waals surface area contributed by atoms with E-state index in [-0.39, 0.29) is 39.8 Å². The van der Waals surface area contributed by atoms with Gasteiger partial charge in [-0.15, -0.1) is 5.10 Å². The first-order valence-corrected chi connectivity index (χ1v) is 11.1. The molecule has 0 bridgehead atoms. The smallest absolute Gasteiger partial charge is 0.322 e. The lowest BCUT2D eigenvalue weighted by atomic mass is 10.0. The van der Waals surface area contributed by atoms with Crippen molar-refractivity contribution in [3.63, 3.8) is 0 Å². The van der Waals surface area contributed by atoms with Crippen LogP contribution in [0.4, 0.5) is 10.1 Å². The number of aromatic nitrogens is 7. The number of halogens is 1. The molecule has 0 radical (unpaired) electrons. The van der Waals surface area contributed by atoms with E-state index in [1.54, 1.807) is 6.92 Å². The van der Waals surface area contributed by atoms with Crippen molar-refractivity contribution < 1.29 is 9.18 Å². The Balaban J connectivity index is 1.85. The van der Waals surface area contributed by atoms with Gasteiger partial charge in [0.25, 0.3) is 11.5 Å². The lowest BCUT2D eigenvalue weighted by Crippen LogP contribution is -2.33. The largest absolute Gasteiger partial charge is 0.330 e. The third-order valence-corrected chi connectivity index (χ3v) is 5.41. The molecule has 3 heterocycles. The van der Waals surface area contributed by atoms with Gasteiger partial charge in [-0.05, 0) is 53.5 Å². The van der Waals surface area contributed by atoms with Gasteiger partial charge in [-0.25, -0.2) is 14.2 Å². The van der Waals surface area contributed by atoms with Gasteiger partial charge in [-0.3, -0.25) is 19.1 Å². The normalized spacial score (nSPS) is 11.5. The van der Waals surface area contributed by atoms with Crippen LogP contribution in [0.5, 0.6) is 0 Å². The first-order chi connectivity index (χ1) is 16.6. The number of rotatable bonds is 6. The second-order valence-corrected chi connectivity index (χ2v) is 8.97. The molecule has 11 nitrogen and oxygen atoms in total. The number of carbonyl (C=O) groups is 1. The zero-order valence-electron chi connectivity index (χ0n) is 20.0. The van der Waals surface area contributed by atoms with E-state index in [0.29, 0.717) is 18.1 Å². The third-order valence-electron chi connectivity index (χ3n) is 5.41. The average molecular weight is 481 g/mol. The molecule has 0 fully saturated rings. The van der Waals surface area contributed by atoms with Crippen LogP contribution in [0.2, 0.25) is 0 Å². The standard InChI is InChI=1S/C23H25FN8O3/c1-11(2)10-31-20-19(22(34)27-23(31)35)15(9-17(26-20)12(3)4)21(33)25-14-6-7-16(24)18(8-14)32-13(5)28-29-30-32/h6-9,11-12H,10H2,1-5H3,(H,25,33)(H,27,34,35). The maximum atomic E-state index is 14.4. The Morgan fingerprint density at radius 1 is 1.17 bits per heavy atom. The number of tetrazole rings is 1. The monoisotopic (exact) mass is 480 g/mol. The summed E-state index contributed by atoms with van der Waals surface area (Å²) in [5, 5.41) is 13.8. The highest BCUT2D eigenvalue weighted by Crippen LogP contribution is 2.23. The molecule has 0 atom stereocenters. The van der Waals surface area contributed by atoms with Crippen molar-refractivity contribution in [1.29, 1.82) is 0 Å². The number of hydrogen-bond acceptors (Lipinski definition) is 7. The molecule has 0 saturated carbocycles. The van der Waals surface area contributed by atoms with Crippen LogP contribution in [-0.2, 0) is 6.54 Å². The zero-order chi connectivity index (χ0) is 25.4. The number of aromatic amines is 1. The Bertz CT molecular complexity index is 1550. The van der Waals surface area contributed by atoms with Gasteiger partial charge in [0.1, 0.15) is 11.5 Å². The average Bonchev–Trinajstić information content (AvgIpc) is 3.22. The van der Waals surface area contributed by atoms with Crippen LogP contribution in [-0.4, -0.2) is 40.6 Å². The minimum Gasteiger partial charge on any atom is -0.322 e. The molecule has 12 heteroatoms. The van der Waals surface area contributed by atoms with Crippen LogP contribution in [0.3, 0.4) is 0 Å². The van der Waals surface area contributed by atoms with Crippen molar-refractivity contribution in [2.45, 2.75) is 47.1 Å². The van der Waals surface area contributed by atoms with E-state index in [1.165, 1.54) is 33.5 Å². The molecular weight excluding hydrogens is 455 g/mol. The zero-order valence-corrected chi connectivity index (χ0v) is 20.0. The van der Waals surface area contributed by atoms with Gasteiger partial charge in [0.05, 0.1) is 10.9 Å². The first-order valence-electron chi connectivity index (χ1n) is 11.1.